The summed E-state index contributed by atoms with van der Waals surface area (Å²) in [6, 6.07) is 7.66. The van der Waals surface area contributed by atoms with Gasteiger partial charge >= 0.3 is 6.09 Å². The zero-order valence-corrected chi connectivity index (χ0v) is 25.1. The Morgan fingerprint density at radius 3 is 2.47 bits per heavy atom. The highest BCUT2D eigenvalue weighted by atomic mass is 79.9. The molecule has 0 bridgehead atoms. The number of alkyl carbamates (subject to hydrolysis) is 1. The molecule has 2 aromatic heterocycles. The van der Waals surface area contributed by atoms with Crippen LogP contribution in [0.5, 0.6) is 11.5 Å². The quantitative estimate of drug-likeness (QED) is 0.277. The van der Waals surface area contributed by atoms with Crippen LogP contribution in [0, 0.1) is 0 Å². The van der Waals surface area contributed by atoms with Gasteiger partial charge in [-0.05, 0) is 91.1 Å². The van der Waals surface area contributed by atoms with Gasteiger partial charge in [0.05, 0.1) is 12.2 Å². The fraction of sp³-hybridized carbons (Fsp3) is 0.481. The minimum atomic E-state index is -1.98. The minimum absolute atomic E-state index is 0.101. The number of carbonyl (C=O) groups excluding carboxylic acids is 1. The van der Waals surface area contributed by atoms with Crippen LogP contribution >= 0.6 is 15.9 Å². The standard InChI is InChI=1S/C27H38BrN3O4Si/c1-26(2,3)34-25(32)31-20(17-33-22-12-19(28)15-29-16-22)11-18-14-30-24-10-9-21(13-23(18)24)35-36(7,8)27(4,5)6/h9-10,12-16,20,30H,11,17H2,1-8H3,(H,31,32)/t20-/m0/s1. The topological polar surface area (TPSA) is 85.5 Å². The largest absolute Gasteiger partial charge is 0.543 e. The zero-order chi connectivity index (χ0) is 26.7. The van der Waals surface area contributed by atoms with Crippen molar-refractivity contribution in [3.63, 3.8) is 0 Å². The number of H-pyrrole nitrogens is 1. The summed E-state index contributed by atoms with van der Waals surface area (Å²) in [5.41, 5.74) is 1.48. The molecule has 2 N–H and O–H groups in total. The predicted octanol–water partition coefficient (Wildman–Crippen LogP) is 7.22. The minimum Gasteiger partial charge on any atom is -0.543 e. The van der Waals surface area contributed by atoms with Gasteiger partial charge < -0.3 is 24.2 Å². The molecule has 7 nitrogen and oxygen atoms in total. The number of halogens is 1. The van der Waals surface area contributed by atoms with Crippen molar-refractivity contribution < 1.29 is 18.7 Å². The number of pyridine rings is 1. The number of carbonyl (C=O) groups is 1. The highest BCUT2D eigenvalue weighted by Crippen LogP contribution is 2.38. The van der Waals surface area contributed by atoms with E-state index >= 15 is 0 Å². The monoisotopic (exact) mass is 575 g/mol. The second-order valence-electron chi connectivity index (χ2n) is 11.6. The molecule has 0 spiro atoms. The molecule has 1 amide bonds. The SMILES string of the molecule is CC(C)(C)OC(=O)N[C@H](COc1cncc(Br)c1)Cc1c[nH]c2ccc(O[Si](C)(C)C(C)(C)C)cc12. The normalized spacial score (nSPS) is 13.4. The van der Waals surface area contributed by atoms with E-state index in [1.165, 1.54) is 0 Å². The van der Waals surface area contributed by atoms with E-state index < -0.39 is 20.0 Å². The molecular weight excluding hydrogens is 538 g/mol. The Bertz CT molecular complexity index is 1200. The highest BCUT2D eigenvalue weighted by Gasteiger charge is 2.39. The van der Waals surface area contributed by atoms with Crippen LogP contribution in [0.3, 0.4) is 0 Å². The number of ether oxygens (including phenoxy) is 2. The summed E-state index contributed by atoms with van der Waals surface area (Å²) in [4.78, 5) is 20.1. The van der Waals surface area contributed by atoms with Gasteiger partial charge in [-0.3, -0.25) is 4.98 Å². The number of amides is 1. The number of aromatic amines is 1. The van der Waals surface area contributed by atoms with Crippen molar-refractivity contribution in [1.82, 2.24) is 15.3 Å². The van der Waals surface area contributed by atoms with E-state index in [1.807, 2.05) is 45.2 Å². The molecule has 0 saturated heterocycles. The molecule has 0 aliphatic heterocycles. The molecule has 2 heterocycles. The van der Waals surface area contributed by atoms with Gasteiger partial charge in [-0.2, -0.15) is 0 Å². The van der Waals surface area contributed by atoms with Crippen LogP contribution in [-0.2, 0) is 11.2 Å². The molecule has 0 fully saturated rings. The van der Waals surface area contributed by atoms with Gasteiger partial charge in [0, 0.05) is 27.8 Å². The number of nitrogens with one attached hydrogen (secondary N) is 2. The third-order valence-corrected chi connectivity index (χ3v) is 11.0. The van der Waals surface area contributed by atoms with E-state index in [-0.39, 0.29) is 17.7 Å². The first kappa shape index (κ1) is 28.1. The summed E-state index contributed by atoms with van der Waals surface area (Å²) in [6.07, 6.45) is 5.38. The van der Waals surface area contributed by atoms with E-state index in [0.29, 0.717) is 12.2 Å². The van der Waals surface area contributed by atoms with Gasteiger partial charge in [-0.1, -0.05) is 20.8 Å². The summed E-state index contributed by atoms with van der Waals surface area (Å²) < 4.78 is 18.8. The molecular formula is C27H38BrN3O4Si. The molecule has 1 aromatic carbocycles. The number of aromatic nitrogens is 2. The Morgan fingerprint density at radius 1 is 1.11 bits per heavy atom. The Balaban J connectivity index is 1.83. The maximum Gasteiger partial charge on any atom is 0.408 e. The number of hydrogen-bond acceptors (Lipinski definition) is 5. The van der Waals surface area contributed by atoms with Crippen LogP contribution in [0.2, 0.25) is 18.1 Å². The summed E-state index contributed by atoms with van der Waals surface area (Å²) in [7, 11) is -1.98. The lowest BCUT2D eigenvalue weighted by Gasteiger charge is -2.36. The van der Waals surface area contributed by atoms with Crippen LogP contribution in [-0.4, -0.2) is 42.6 Å². The first-order valence-corrected chi connectivity index (χ1v) is 15.8. The molecule has 1 atom stereocenters. The molecule has 0 aliphatic carbocycles. The van der Waals surface area contributed by atoms with Crippen molar-refractivity contribution in [2.75, 3.05) is 6.61 Å². The summed E-state index contributed by atoms with van der Waals surface area (Å²) >= 11 is 3.41. The Hall–Kier alpha value is -2.52. The summed E-state index contributed by atoms with van der Waals surface area (Å²) in [6.45, 7) is 16.9. The first-order chi connectivity index (χ1) is 16.6. The Kier molecular flexibility index (Phi) is 8.45. The molecule has 0 radical (unpaired) electrons. The Labute approximate surface area is 223 Å². The molecule has 0 unspecified atom stereocenters. The molecule has 0 saturated carbocycles. The number of hydrogen-bond donors (Lipinski definition) is 2. The van der Waals surface area contributed by atoms with Crippen molar-refractivity contribution in [3.8, 4) is 11.5 Å². The van der Waals surface area contributed by atoms with E-state index in [0.717, 1.165) is 26.7 Å². The van der Waals surface area contributed by atoms with Crippen molar-refractivity contribution >= 4 is 41.2 Å². The van der Waals surface area contributed by atoms with Gasteiger partial charge in [0.1, 0.15) is 23.7 Å². The number of rotatable bonds is 8. The smallest absolute Gasteiger partial charge is 0.408 e. The fourth-order valence-corrected chi connectivity index (χ4v) is 4.76. The van der Waals surface area contributed by atoms with Crippen molar-refractivity contribution in [2.24, 2.45) is 0 Å². The lowest BCUT2D eigenvalue weighted by atomic mass is 10.1. The fourth-order valence-electron chi connectivity index (χ4n) is 3.40. The highest BCUT2D eigenvalue weighted by molar-refractivity contribution is 9.10. The zero-order valence-electron chi connectivity index (χ0n) is 22.5. The molecule has 0 aliphatic rings. The average molecular weight is 577 g/mol. The van der Waals surface area contributed by atoms with Gasteiger partial charge in [0.25, 0.3) is 0 Å². The lowest BCUT2D eigenvalue weighted by Crippen LogP contribution is -2.43. The van der Waals surface area contributed by atoms with Crippen LogP contribution in [0.25, 0.3) is 10.9 Å². The second-order valence-corrected chi connectivity index (χ2v) is 17.2. The van der Waals surface area contributed by atoms with Gasteiger partial charge in [-0.25, -0.2) is 4.79 Å². The van der Waals surface area contributed by atoms with Gasteiger partial charge in [0.15, 0.2) is 0 Å². The number of fused-ring (bicyclic) bond motifs is 1. The van der Waals surface area contributed by atoms with E-state index in [1.54, 1.807) is 12.4 Å². The first-order valence-electron chi connectivity index (χ1n) is 12.1. The van der Waals surface area contributed by atoms with Gasteiger partial charge in [-0.15, -0.1) is 0 Å². The predicted molar refractivity (Wildman–Crippen MR) is 150 cm³/mol. The second kappa shape index (κ2) is 10.8. The van der Waals surface area contributed by atoms with Crippen LogP contribution in [0.1, 0.15) is 47.1 Å². The van der Waals surface area contributed by atoms with E-state index in [2.05, 4.69) is 71.1 Å². The number of benzene rings is 1. The Morgan fingerprint density at radius 2 is 1.83 bits per heavy atom. The summed E-state index contributed by atoms with van der Waals surface area (Å²) in [5.74, 6) is 1.48. The molecule has 196 valence electrons. The third kappa shape index (κ3) is 7.74. The van der Waals surface area contributed by atoms with Crippen LogP contribution < -0.4 is 14.5 Å². The lowest BCUT2D eigenvalue weighted by molar-refractivity contribution is 0.0488. The molecule has 9 heteroatoms. The summed E-state index contributed by atoms with van der Waals surface area (Å²) in [5, 5.41) is 4.14. The van der Waals surface area contributed by atoms with E-state index in [4.69, 9.17) is 13.9 Å². The van der Waals surface area contributed by atoms with Crippen LogP contribution in [0.15, 0.2) is 47.3 Å². The maximum atomic E-state index is 12.6. The molecule has 3 rings (SSSR count). The van der Waals surface area contributed by atoms with Crippen molar-refractivity contribution in [1.29, 1.82) is 0 Å². The van der Waals surface area contributed by atoms with E-state index in [9.17, 15) is 4.79 Å². The van der Waals surface area contributed by atoms with Crippen molar-refractivity contribution in [2.45, 2.75) is 77.7 Å². The molecule has 3 aromatic rings. The van der Waals surface area contributed by atoms with Crippen LogP contribution in [0.4, 0.5) is 4.79 Å². The third-order valence-electron chi connectivity index (χ3n) is 6.24. The molecule has 36 heavy (non-hydrogen) atoms. The maximum absolute atomic E-state index is 12.6. The average Bonchev–Trinajstić information content (AvgIpc) is 3.11. The van der Waals surface area contributed by atoms with Gasteiger partial charge in [0.2, 0.25) is 8.32 Å². The number of nitrogens with zero attached hydrogens (tertiary/aromatic N) is 1. The van der Waals surface area contributed by atoms with Crippen molar-refractivity contribution in [3.05, 3.63) is 52.9 Å².